The van der Waals surface area contributed by atoms with E-state index in [4.69, 9.17) is 9.26 Å². The van der Waals surface area contributed by atoms with Crippen LogP contribution in [-0.2, 0) is 11.2 Å². The lowest BCUT2D eigenvalue weighted by Gasteiger charge is -2.50. The van der Waals surface area contributed by atoms with Gasteiger partial charge in [-0.2, -0.15) is 0 Å². The minimum atomic E-state index is -0.0212. The van der Waals surface area contributed by atoms with Crippen LogP contribution in [0, 0.1) is 0 Å². The zero-order valence-corrected chi connectivity index (χ0v) is 16.0. The first-order chi connectivity index (χ1) is 13.7. The molecule has 2 aliphatic heterocycles. The van der Waals surface area contributed by atoms with Crippen molar-refractivity contribution < 1.29 is 18.8 Å². The molecule has 1 aromatic heterocycles. The van der Waals surface area contributed by atoms with E-state index in [1.165, 1.54) is 6.26 Å². The van der Waals surface area contributed by atoms with Crippen molar-refractivity contribution in [1.82, 2.24) is 15.0 Å². The Morgan fingerprint density at radius 2 is 1.96 bits per heavy atom. The molecule has 2 amide bonds. The fourth-order valence-corrected chi connectivity index (χ4v) is 4.36. The predicted octanol–water partition coefficient (Wildman–Crippen LogP) is 2.52. The molecular weight excluding hydrogens is 358 g/mol. The van der Waals surface area contributed by atoms with Crippen molar-refractivity contribution in [1.29, 1.82) is 0 Å². The van der Waals surface area contributed by atoms with Crippen molar-refractivity contribution in [2.24, 2.45) is 0 Å². The van der Waals surface area contributed by atoms with E-state index in [-0.39, 0.29) is 30.3 Å². The summed E-state index contributed by atoms with van der Waals surface area (Å²) in [6.45, 7) is 3.54. The van der Waals surface area contributed by atoms with E-state index in [1.54, 1.807) is 6.20 Å². The number of aromatic nitrogens is 1. The molecule has 7 heteroatoms. The lowest BCUT2D eigenvalue weighted by molar-refractivity contribution is -0.141. The number of ether oxygens (including phenoxy) is 1. The molecule has 7 nitrogen and oxygen atoms in total. The number of likely N-dealkylation sites (tertiary alicyclic amines) is 1. The summed E-state index contributed by atoms with van der Waals surface area (Å²) >= 11 is 0. The van der Waals surface area contributed by atoms with Crippen LogP contribution in [-0.4, -0.2) is 58.6 Å². The van der Waals surface area contributed by atoms with Gasteiger partial charge in [0.2, 0.25) is 5.91 Å². The Bertz CT molecular complexity index is 822. The summed E-state index contributed by atoms with van der Waals surface area (Å²) in [6.07, 6.45) is 6.31. The summed E-state index contributed by atoms with van der Waals surface area (Å²) in [5, 5.41) is 3.67. The molecule has 4 rings (SSSR count). The van der Waals surface area contributed by atoms with Crippen LogP contribution in [0.1, 0.15) is 42.1 Å². The molecule has 28 heavy (non-hydrogen) atoms. The van der Waals surface area contributed by atoms with Crippen molar-refractivity contribution in [3.05, 3.63) is 47.9 Å². The quantitative estimate of drug-likeness (QED) is 0.793. The number of carbonyl (C=O) groups excluding carboxylic acids is 2. The van der Waals surface area contributed by atoms with E-state index in [9.17, 15) is 9.59 Å². The van der Waals surface area contributed by atoms with Crippen LogP contribution < -0.4 is 4.74 Å². The monoisotopic (exact) mass is 383 g/mol. The standard InChI is InChI=1S/C21H25N3O4/c1-2-27-19-9-4-3-8-18(19)21(26)23-12-16-6-5-7-17(13-23)24(16)20(25)10-15-11-22-28-14-15/h3-4,8-9,11,14,16-17H,2,5-7,10,12-13H2,1H3. The highest BCUT2D eigenvalue weighted by Gasteiger charge is 2.41. The molecule has 2 fully saturated rings. The van der Waals surface area contributed by atoms with Crippen LogP contribution in [0.3, 0.4) is 0 Å². The summed E-state index contributed by atoms with van der Waals surface area (Å²) in [6, 6.07) is 7.49. The molecule has 3 heterocycles. The van der Waals surface area contributed by atoms with Crippen molar-refractivity contribution in [3.63, 3.8) is 0 Å². The molecular formula is C21H25N3O4. The SMILES string of the molecule is CCOc1ccccc1C(=O)N1CC2CCCC(C1)N2C(=O)Cc1cnoc1. The fourth-order valence-electron chi connectivity index (χ4n) is 4.36. The van der Waals surface area contributed by atoms with Gasteiger partial charge in [-0.05, 0) is 38.3 Å². The number of hydrogen-bond donors (Lipinski definition) is 0. The zero-order chi connectivity index (χ0) is 19.5. The van der Waals surface area contributed by atoms with Gasteiger partial charge in [-0.25, -0.2) is 0 Å². The summed E-state index contributed by atoms with van der Waals surface area (Å²) in [4.78, 5) is 30.0. The van der Waals surface area contributed by atoms with Gasteiger partial charge in [0.25, 0.3) is 5.91 Å². The molecule has 2 atom stereocenters. The number of nitrogens with zero attached hydrogens (tertiary/aromatic N) is 3. The van der Waals surface area contributed by atoms with Gasteiger partial charge in [0, 0.05) is 30.7 Å². The second-order valence-corrected chi connectivity index (χ2v) is 7.39. The van der Waals surface area contributed by atoms with Gasteiger partial charge in [0.05, 0.1) is 24.8 Å². The second kappa shape index (κ2) is 8.04. The first-order valence-corrected chi connectivity index (χ1v) is 9.88. The molecule has 148 valence electrons. The molecule has 0 saturated carbocycles. The minimum Gasteiger partial charge on any atom is -0.493 e. The molecule has 2 unspecified atom stereocenters. The largest absolute Gasteiger partial charge is 0.493 e. The average molecular weight is 383 g/mol. The molecule has 0 N–H and O–H groups in total. The van der Waals surface area contributed by atoms with E-state index in [0.29, 0.717) is 31.0 Å². The maximum absolute atomic E-state index is 13.2. The topological polar surface area (TPSA) is 75.9 Å². The highest BCUT2D eigenvalue weighted by atomic mass is 16.5. The Morgan fingerprint density at radius 1 is 1.21 bits per heavy atom. The van der Waals surface area contributed by atoms with Gasteiger partial charge in [-0.3, -0.25) is 9.59 Å². The second-order valence-electron chi connectivity index (χ2n) is 7.39. The van der Waals surface area contributed by atoms with Gasteiger partial charge < -0.3 is 19.1 Å². The van der Waals surface area contributed by atoms with Crippen molar-refractivity contribution in [2.75, 3.05) is 19.7 Å². The molecule has 2 aliphatic rings. The van der Waals surface area contributed by atoms with Crippen molar-refractivity contribution in [3.8, 4) is 5.75 Å². The van der Waals surface area contributed by atoms with Gasteiger partial charge in [-0.15, -0.1) is 0 Å². The van der Waals surface area contributed by atoms with Crippen LogP contribution in [0.4, 0.5) is 0 Å². The number of para-hydroxylation sites is 1. The number of rotatable bonds is 5. The maximum atomic E-state index is 13.2. The number of piperidine rings is 1. The summed E-state index contributed by atoms with van der Waals surface area (Å²) in [7, 11) is 0. The maximum Gasteiger partial charge on any atom is 0.257 e. The number of carbonyl (C=O) groups is 2. The predicted molar refractivity (Wildman–Crippen MR) is 102 cm³/mol. The van der Waals surface area contributed by atoms with Gasteiger partial charge in [0.15, 0.2) is 0 Å². The van der Waals surface area contributed by atoms with Crippen molar-refractivity contribution >= 4 is 11.8 Å². The van der Waals surface area contributed by atoms with Crippen LogP contribution in [0.2, 0.25) is 0 Å². The Kier molecular flexibility index (Phi) is 5.32. The van der Waals surface area contributed by atoms with E-state index in [0.717, 1.165) is 24.8 Å². The summed E-state index contributed by atoms with van der Waals surface area (Å²) < 4.78 is 10.5. The normalized spacial score (nSPS) is 21.5. The Morgan fingerprint density at radius 3 is 2.64 bits per heavy atom. The van der Waals surface area contributed by atoms with E-state index >= 15 is 0 Å². The molecule has 2 saturated heterocycles. The minimum absolute atomic E-state index is 0.0212. The first-order valence-electron chi connectivity index (χ1n) is 9.88. The highest BCUT2D eigenvalue weighted by Crippen LogP contribution is 2.31. The van der Waals surface area contributed by atoms with Crippen LogP contribution >= 0.6 is 0 Å². The smallest absolute Gasteiger partial charge is 0.257 e. The number of benzene rings is 1. The lowest BCUT2D eigenvalue weighted by Crippen LogP contribution is -2.63. The fraction of sp³-hybridized carbons (Fsp3) is 0.476. The Labute approximate surface area is 164 Å². The molecule has 0 aliphatic carbocycles. The molecule has 1 aromatic carbocycles. The highest BCUT2D eigenvalue weighted by molar-refractivity contribution is 5.97. The molecule has 2 bridgehead atoms. The number of fused-ring (bicyclic) bond motifs is 2. The van der Waals surface area contributed by atoms with Gasteiger partial charge in [-0.1, -0.05) is 17.3 Å². The number of amides is 2. The van der Waals surface area contributed by atoms with E-state index < -0.39 is 0 Å². The van der Waals surface area contributed by atoms with Gasteiger partial charge >= 0.3 is 0 Å². The third-order valence-corrected chi connectivity index (χ3v) is 5.56. The van der Waals surface area contributed by atoms with Crippen LogP contribution in [0.15, 0.2) is 41.2 Å². The van der Waals surface area contributed by atoms with Crippen LogP contribution in [0.25, 0.3) is 0 Å². The molecule has 0 radical (unpaired) electrons. The van der Waals surface area contributed by atoms with E-state index in [1.807, 2.05) is 41.0 Å². The molecule has 0 spiro atoms. The number of piperazine rings is 1. The van der Waals surface area contributed by atoms with Gasteiger partial charge in [0.1, 0.15) is 12.0 Å². The summed E-state index contributed by atoms with van der Waals surface area (Å²) in [5.74, 6) is 0.679. The third-order valence-electron chi connectivity index (χ3n) is 5.56. The third kappa shape index (κ3) is 3.61. The average Bonchev–Trinajstić information content (AvgIpc) is 3.20. The van der Waals surface area contributed by atoms with Crippen molar-refractivity contribution in [2.45, 2.75) is 44.7 Å². The Balaban J connectivity index is 1.50. The Hall–Kier alpha value is -2.83. The van der Waals surface area contributed by atoms with Crippen LogP contribution in [0.5, 0.6) is 5.75 Å². The first kappa shape index (κ1) is 18.5. The number of hydrogen-bond acceptors (Lipinski definition) is 5. The summed E-state index contributed by atoms with van der Waals surface area (Å²) in [5.41, 5.74) is 1.37. The zero-order valence-electron chi connectivity index (χ0n) is 16.0. The van der Waals surface area contributed by atoms with E-state index in [2.05, 4.69) is 5.16 Å². The molecule has 2 aromatic rings. The lowest BCUT2D eigenvalue weighted by atomic mass is 9.90.